The van der Waals surface area contributed by atoms with Crippen molar-refractivity contribution in [1.82, 2.24) is 9.55 Å². The van der Waals surface area contributed by atoms with Crippen LogP contribution in [0.3, 0.4) is 0 Å². The highest BCUT2D eigenvalue weighted by atomic mass is 31.2. The number of anilines is 1. The third kappa shape index (κ3) is 2.47. The first-order valence-corrected chi connectivity index (χ1v) is 6.79. The Hall–Kier alpha value is -1.13. The summed E-state index contributed by atoms with van der Waals surface area (Å²) in [6, 6.07) is 0. The molecule has 1 unspecified atom stereocenters. The molecule has 10 nitrogen and oxygen atoms in total. The summed E-state index contributed by atoms with van der Waals surface area (Å²) in [4.78, 5) is 41.8. The maximum atomic E-state index is 11.5. The molecule has 1 saturated heterocycles. The Labute approximate surface area is 107 Å². The number of nitrogens with zero attached hydrogens (tertiary/aromatic N) is 2. The van der Waals surface area contributed by atoms with Gasteiger partial charge in [-0.3, -0.25) is 4.57 Å². The second kappa shape index (κ2) is 4.76. The van der Waals surface area contributed by atoms with Crippen LogP contribution in [-0.4, -0.2) is 58.3 Å². The van der Waals surface area contributed by atoms with Crippen LogP contribution in [0.25, 0.3) is 0 Å². The number of carbonyl (C=O) groups is 1. The number of carbonyl (C=O) groups excluding carboxylic acids is 1. The van der Waals surface area contributed by atoms with Crippen molar-refractivity contribution in [3.05, 3.63) is 12.5 Å². The van der Waals surface area contributed by atoms with Crippen molar-refractivity contribution in [2.45, 2.75) is 24.5 Å². The summed E-state index contributed by atoms with van der Waals surface area (Å²) >= 11 is 0. The zero-order valence-corrected chi connectivity index (χ0v) is 10.3. The lowest BCUT2D eigenvalue weighted by Gasteiger charge is -2.16. The van der Waals surface area contributed by atoms with E-state index in [4.69, 9.17) is 25.2 Å². The van der Waals surface area contributed by atoms with Crippen LogP contribution < -0.4 is 5.73 Å². The molecule has 0 saturated carbocycles. The van der Waals surface area contributed by atoms with Crippen molar-refractivity contribution in [3.63, 3.8) is 0 Å². The van der Waals surface area contributed by atoms with Crippen molar-refractivity contribution in [3.8, 4) is 0 Å². The van der Waals surface area contributed by atoms with Gasteiger partial charge in [-0.2, -0.15) is 14.7 Å². The average Bonchev–Trinajstić information content (AvgIpc) is 2.84. The summed E-state index contributed by atoms with van der Waals surface area (Å²) in [6.45, 7) is 0. The Bertz CT molecular complexity index is 487. The van der Waals surface area contributed by atoms with Gasteiger partial charge in [0.2, 0.25) is 0 Å². The Morgan fingerprint density at radius 2 is 2.00 bits per heavy atom. The third-order valence-corrected chi connectivity index (χ3v) is 3.59. The number of hydrogen-bond acceptors (Lipinski definition) is 9. The molecule has 0 radical (unpaired) electrons. The van der Waals surface area contributed by atoms with Gasteiger partial charge in [0.15, 0.2) is 12.3 Å². The summed E-state index contributed by atoms with van der Waals surface area (Å²) in [5, 5.41) is 19.4. The van der Waals surface area contributed by atoms with E-state index in [0.717, 1.165) is 4.57 Å². The first kappa shape index (κ1) is 14.3. The molecule has 1 aliphatic heterocycles. The summed E-state index contributed by atoms with van der Waals surface area (Å²) in [5.41, 5.74) is 4.05. The minimum absolute atomic E-state index is 0.113. The highest BCUT2D eigenvalue weighted by Crippen LogP contribution is 2.49. The van der Waals surface area contributed by atoms with E-state index in [2.05, 4.69) is 4.98 Å². The Kier molecular flexibility index (Phi) is 3.58. The van der Waals surface area contributed by atoms with E-state index in [1.54, 1.807) is 0 Å². The minimum atomic E-state index is -4.83. The smallest absolute Gasteiger partial charge is 0.387 e. The number of nitrogen functional groups attached to an aromatic ring is 1. The highest BCUT2D eigenvalue weighted by Gasteiger charge is 2.58. The third-order valence-electron chi connectivity index (χ3n) is 2.75. The maximum Gasteiger partial charge on any atom is 0.481 e. The SMILES string of the molecule is Nc1cncn1C1O[C@H](C(=O)[P+](O)(O)O)[C@@H](O)[C@H]1O. The number of rotatable bonds is 3. The molecule has 0 aromatic carbocycles. The molecular weight excluding hydrogens is 281 g/mol. The van der Waals surface area contributed by atoms with Gasteiger partial charge in [-0.1, -0.05) is 0 Å². The highest BCUT2D eigenvalue weighted by molar-refractivity contribution is 7.76. The lowest BCUT2D eigenvalue weighted by molar-refractivity contribution is -0.129. The molecule has 11 heteroatoms. The molecule has 0 spiro atoms. The number of aliphatic hydroxyl groups excluding tert-OH is 2. The van der Waals surface area contributed by atoms with Crippen molar-refractivity contribution < 1.29 is 34.4 Å². The molecule has 1 aromatic heterocycles. The van der Waals surface area contributed by atoms with Crippen molar-refractivity contribution >= 4 is 19.3 Å². The molecule has 106 valence electrons. The first-order valence-electron chi connectivity index (χ1n) is 5.14. The molecule has 0 aliphatic carbocycles. The number of aliphatic hydroxyl groups is 2. The standard InChI is InChI=1S/C8H13N3O7P/c9-3-1-10-2-11(3)7-5(13)4(12)6(18-7)8(14)19(15,16)17/h1-2,4-7,12-13,15-17H,9H2/q+1/t4-,5+,6-,7?/m0/s1. The second-order valence-electron chi connectivity index (χ2n) is 4.06. The van der Waals surface area contributed by atoms with Gasteiger partial charge in [0.05, 0.1) is 12.5 Å². The zero-order chi connectivity index (χ0) is 14.4. The van der Waals surface area contributed by atoms with Crippen LogP contribution in [0.5, 0.6) is 0 Å². The van der Waals surface area contributed by atoms with E-state index >= 15 is 0 Å². The van der Waals surface area contributed by atoms with Gasteiger partial charge in [-0.15, -0.1) is 0 Å². The van der Waals surface area contributed by atoms with Crippen LogP contribution in [0.1, 0.15) is 6.23 Å². The van der Waals surface area contributed by atoms with Gasteiger partial charge >= 0.3 is 13.5 Å². The van der Waals surface area contributed by atoms with Crippen molar-refractivity contribution in [2.24, 2.45) is 0 Å². The number of ether oxygens (including phenoxy) is 1. The lowest BCUT2D eigenvalue weighted by Crippen LogP contribution is -2.36. The van der Waals surface area contributed by atoms with Gasteiger partial charge < -0.3 is 20.7 Å². The molecule has 0 amide bonds. The Balaban J connectivity index is 2.25. The molecule has 1 aliphatic rings. The molecule has 7 N–H and O–H groups in total. The van der Waals surface area contributed by atoms with E-state index in [9.17, 15) is 15.0 Å². The predicted octanol–water partition coefficient (Wildman–Crippen LogP) is -2.65. The summed E-state index contributed by atoms with van der Waals surface area (Å²) in [7, 11) is -4.83. The fourth-order valence-corrected chi connectivity index (χ4v) is 2.35. The van der Waals surface area contributed by atoms with Gasteiger partial charge in [0, 0.05) is 0 Å². The minimum Gasteiger partial charge on any atom is -0.387 e. The van der Waals surface area contributed by atoms with E-state index in [1.807, 2.05) is 0 Å². The molecule has 2 heterocycles. The van der Waals surface area contributed by atoms with Crippen LogP contribution in [0.2, 0.25) is 0 Å². The van der Waals surface area contributed by atoms with E-state index in [-0.39, 0.29) is 5.82 Å². The maximum absolute atomic E-state index is 11.5. The predicted molar refractivity (Wildman–Crippen MR) is 61.1 cm³/mol. The van der Waals surface area contributed by atoms with Gasteiger partial charge in [0.1, 0.15) is 18.0 Å². The number of hydrogen-bond donors (Lipinski definition) is 6. The number of imidazole rings is 1. The average molecular weight is 294 g/mol. The molecule has 1 aromatic rings. The quantitative estimate of drug-likeness (QED) is 0.326. The lowest BCUT2D eigenvalue weighted by atomic mass is 10.1. The molecule has 19 heavy (non-hydrogen) atoms. The second-order valence-corrected chi connectivity index (χ2v) is 5.64. The molecule has 0 bridgehead atoms. The van der Waals surface area contributed by atoms with Crippen LogP contribution in [0.15, 0.2) is 12.5 Å². The van der Waals surface area contributed by atoms with Crippen molar-refractivity contribution in [2.75, 3.05) is 5.73 Å². The van der Waals surface area contributed by atoms with Crippen LogP contribution >= 0.6 is 7.94 Å². The molecular formula is C8H13N3O7P+. The normalized spacial score (nSPS) is 31.6. The van der Waals surface area contributed by atoms with E-state index in [0.29, 0.717) is 0 Å². The first-order chi connectivity index (χ1) is 8.73. The van der Waals surface area contributed by atoms with Crippen LogP contribution in [-0.2, 0) is 9.53 Å². The van der Waals surface area contributed by atoms with E-state index < -0.39 is 38.0 Å². The largest absolute Gasteiger partial charge is 0.481 e. The number of aromatic nitrogens is 2. The fraction of sp³-hybridized carbons (Fsp3) is 0.500. The van der Waals surface area contributed by atoms with Crippen molar-refractivity contribution in [1.29, 1.82) is 0 Å². The monoisotopic (exact) mass is 294 g/mol. The number of nitrogens with two attached hydrogens (primary N) is 1. The molecule has 2 rings (SSSR count). The van der Waals surface area contributed by atoms with Crippen LogP contribution in [0.4, 0.5) is 5.82 Å². The topological polar surface area (TPSA) is 171 Å². The fourth-order valence-electron chi connectivity index (χ4n) is 1.79. The summed E-state index contributed by atoms with van der Waals surface area (Å²) in [6.07, 6.45) is -3.80. The molecule has 1 fully saturated rings. The summed E-state index contributed by atoms with van der Waals surface area (Å²) in [5.74, 6) is 0.113. The van der Waals surface area contributed by atoms with Gasteiger partial charge in [-0.25, -0.2) is 9.78 Å². The van der Waals surface area contributed by atoms with Gasteiger partial charge in [-0.05, 0) is 0 Å². The Morgan fingerprint density at radius 3 is 2.47 bits per heavy atom. The summed E-state index contributed by atoms with van der Waals surface area (Å²) < 4.78 is 6.20. The van der Waals surface area contributed by atoms with Gasteiger partial charge in [0.25, 0.3) is 0 Å². The Morgan fingerprint density at radius 1 is 1.37 bits per heavy atom. The zero-order valence-electron chi connectivity index (χ0n) is 9.44. The van der Waals surface area contributed by atoms with E-state index in [1.165, 1.54) is 12.5 Å². The van der Waals surface area contributed by atoms with Crippen LogP contribution in [0, 0.1) is 0 Å². The molecule has 4 atom stereocenters.